The first-order valence-corrected chi connectivity index (χ1v) is 12.9. The Kier molecular flexibility index (Phi) is 8.15. The van der Waals surface area contributed by atoms with Crippen molar-refractivity contribution in [3.05, 3.63) is 65.2 Å². The maximum Gasteiger partial charge on any atom is 0.251 e. The second-order valence-corrected chi connectivity index (χ2v) is 11.5. The van der Waals surface area contributed by atoms with Crippen LogP contribution < -0.4 is 10.1 Å². The highest BCUT2D eigenvalue weighted by Crippen LogP contribution is 2.30. The standard InChI is InChI=1S/C25H35N3O4S/c1-25(2,3)22-7-5-6-8-23(22)32-18-13-26-24(29)21-11-9-20(10-12-21)19-33(30,31)28-16-14-27(4)15-17-28/h5-12H,13-19H2,1-4H3,(H,26,29). The van der Waals surface area contributed by atoms with E-state index in [2.05, 4.69) is 37.1 Å². The monoisotopic (exact) mass is 473 g/mol. The number of benzene rings is 2. The number of ether oxygens (including phenoxy) is 1. The van der Waals surface area contributed by atoms with Crippen LogP contribution in [-0.4, -0.2) is 69.9 Å². The molecule has 0 aromatic heterocycles. The zero-order valence-electron chi connectivity index (χ0n) is 20.0. The van der Waals surface area contributed by atoms with Crippen LogP contribution in [0.15, 0.2) is 48.5 Å². The third kappa shape index (κ3) is 7.03. The maximum atomic E-state index is 12.7. The topological polar surface area (TPSA) is 79.0 Å². The largest absolute Gasteiger partial charge is 0.491 e. The van der Waals surface area contributed by atoms with Gasteiger partial charge in [-0.1, -0.05) is 51.1 Å². The fourth-order valence-electron chi connectivity index (χ4n) is 3.76. The van der Waals surface area contributed by atoms with E-state index in [1.54, 1.807) is 28.6 Å². The van der Waals surface area contributed by atoms with E-state index in [1.165, 1.54) is 0 Å². The number of likely N-dealkylation sites (N-methyl/N-ethyl adjacent to an activating group) is 1. The van der Waals surface area contributed by atoms with Gasteiger partial charge in [0.25, 0.3) is 5.91 Å². The molecule has 0 bridgehead atoms. The molecule has 180 valence electrons. The molecular weight excluding hydrogens is 438 g/mol. The Morgan fingerprint density at radius 3 is 2.27 bits per heavy atom. The van der Waals surface area contributed by atoms with E-state index >= 15 is 0 Å². The fraction of sp³-hybridized carbons (Fsp3) is 0.480. The molecule has 2 aromatic rings. The predicted molar refractivity (Wildman–Crippen MR) is 131 cm³/mol. The zero-order valence-corrected chi connectivity index (χ0v) is 20.8. The van der Waals surface area contributed by atoms with Gasteiger partial charge in [-0.25, -0.2) is 8.42 Å². The highest BCUT2D eigenvalue weighted by molar-refractivity contribution is 7.88. The molecule has 0 radical (unpaired) electrons. The fourth-order valence-corrected chi connectivity index (χ4v) is 5.28. The lowest BCUT2D eigenvalue weighted by Gasteiger charge is -2.31. The van der Waals surface area contributed by atoms with Crippen LogP contribution in [-0.2, 0) is 21.2 Å². The van der Waals surface area contributed by atoms with Crippen molar-refractivity contribution in [3.8, 4) is 5.75 Å². The minimum absolute atomic E-state index is 0.0284. The first-order valence-electron chi connectivity index (χ1n) is 11.3. The molecule has 0 unspecified atom stereocenters. The molecule has 3 rings (SSSR count). The van der Waals surface area contributed by atoms with Crippen LogP contribution in [0.25, 0.3) is 0 Å². The van der Waals surface area contributed by atoms with Crippen LogP contribution in [0.3, 0.4) is 0 Å². The molecule has 0 spiro atoms. The number of nitrogens with zero attached hydrogens (tertiary/aromatic N) is 2. The highest BCUT2D eigenvalue weighted by atomic mass is 32.2. The maximum absolute atomic E-state index is 12.7. The van der Waals surface area contributed by atoms with Crippen LogP contribution in [0.1, 0.15) is 42.3 Å². The summed E-state index contributed by atoms with van der Waals surface area (Å²) in [4.78, 5) is 14.6. The molecule has 1 fully saturated rings. The Bertz CT molecular complexity index is 1040. The molecule has 7 nitrogen and oxygen atoms in total. The molecule has 0 aliphatic carbocycles. The number of carbonyl (C=O) groups excluding carboxylic acids is 1. The van der Waals surface area contributed by atoms with Gasteiger partial charge < -0.3 is 15.0 Å². The summed E-state index contributed by atoms with van der Waals surface area (Å²) < 4.78 is 32.8. The molecule has 1 heterocycles. The van der Waals surface area contributed by atoms with Crippen LogP contribution >= 0.6 is 0 Å². The molecule has 1 aliphatic heterocycles. The summed E-state index contributed by atoms with van der Waals surface area (Å²) in [6.07, 6.45) is 0. The number of nitrogens with one attached hydrogen (secondary N) is 1. The van der Waals surface area contributed by atoms with Gasteiger partial charge in [-0.15, -0.1) is 0 Å². The number of hydrogen-bond acceptors (Lipinski definition) is 5. The molecule has 1 aliphatic rings. The lowest BCUT2D eigenvalue weighted by atomic mass is 9.86. The molecule has 0 saturated carbocycles. The van der Waals surface area contributed by atoms with Gasteiger partial charge in [-0.05, 0) is 41.8 Å². The number of sulfonamides is 1. The van der Waals surface area contributed by atoms with Gasteiger partial charge in [-0.2, -0.15) is 4.31 Å². The van der Waals surface area contributed by atoms with E-state index in [9.17, 15) is 13.2 Å². The number of piperazine rings is 1. The van der Waals surface area contributed by atoms with Crippen LogP contribution in [0.2, 0.25) is 0 Å². The number of amides is 1. The van der Waals surface area contributed by atoms with E-state index in [4.69, 9.17) is 4.74 Å². The Morgan fingerprint density at radius 1 is 1.00 bits per heavy atom. The van der Waals surface area contributed by atoms with Crippen LogP contribution in [0.5, 0.6) is 5.75 Å². The van der Waals surface area contributed by atoms with Crippen molar-refractivity contribution in [3.63, 3.8) is 0 Å². The summed E-state index contributed by atoms with van der Waals surface area (Å²) in [5, 5.41) is 2.86. The summed E-state index contributed by atoms with van der Waals surface area (Å²) in [5.41, 5.74) is 2.26. The van der Waals surface area contributed by atoms with E-state index < -0.39 is 10.0 Å². The van der Waals surface area contributed by atoms with Crippen molar-refractivity contribution in [2.75, 3.05) is 46.4 Å². The van der Waals surface area contributed by atoms with Crippen molar-refractivity contribution in [2.45, 2.75) is 31.9 Å². The van der Waals surface area contributed by atoms with E-state index in [1.807, 2.05) is 25.2 Å². The Hall–Kier alpha value is -2.42. The van der Waals surface area contributed by atoms with Gasteiger partial charge in [-0.3, -0.25) is 4.79 Å². The molecule has 8 heteroatoms. The molecule has 1 N–H and O–H groups in total. The SMILES string of the molecule is CN1CCN(S(=O)(=O)Cc2ccc(C(=O)NCCOc3ccccc3C(C)(C)C)cc2)CC1. The minimum Gasteiger partial charge on any atom is -0.491 e. The third-order valence-electron chi connectivity index (χ3n) is 5.76. The lowest BCUT2D eigenvalue weighted by molar-refractivity contribution is 0.0947. The highest BCUT2D eigenvalue weighted by Gasteiger charge is 2.26. The molecule has 0 atom stereocenters. The average Bonchev–Trinajstić information content (AvgIpc) is 2.77. The number of hydrogen-bond donors (Lipinski definition) is 1. The smallest absolute Gasteiger partial charge is 0.251 e. The molecule has 33 heavy (non-hydrogen) atoms. The van der Waals surface area contributed by atoms with E-state index in [-0.39, 0.29) is 17.1 Å². The van der Waals surface area contributed by atoms with Gasteiger partial charge in [0.2, 0.25) is 10.0 Å². The number of para-hydroxylation sites is 1. The summed E-state index contributed by atoms with van der Waals surface area (Å²) in [7, 11) is -1.37. The van der Waals surface area contributed by atoms with Gasteiger partial charge in [0.15, 0.2) is 0 Å². The minimum atomic E-state index is -3.36. The van der Waals surface area contributed by atoms with Crippen LogP contribution in [0, 0.1) is 0 Å². The second-order valence-electron chi connectivity index (χ2n) is 9.51. The normalized spacial score (nSPS) is 15.9. The third-order valence-corrected chi connectivity index (χ3v) is 7.61. The summed E-state index contributed by atoms with van der Waals surface area (Å²) in [6.45, 7) is 9.65. The Labute approximate surface area is 197 Å². The Balaban J connectivity index is 1.49. The molecule has 2 aromatic carbocycles. The van der Waals surface area contributed by atoms with Gasteiger partial charge >= 0.3 is 0 Å². The number of rotatable bonds is 8. The summed E-state index contributed by atoms with van der Waals surface area (Å²) in [5.74, 6) is 0.556. The van der Waals surface area contributed by atoms with E-state index in [0.29, 0.717) is 37.4 Å². The summed E-state index contributed by atoms with van der Waals surface area (Å²) >= 11 is 0. The molecule has 1 amide bonds. The van der Waals surface area contributed by atoms with Gasteiger partial charge in [0.1, 0.15) is 12.4 Å². The van der Waals surface area contributed by atoms with Crippen molar-refractivity contribution in [1.82, 2.24) is 14.5 Å². The molecular formula is C25H35N3O4S. The van der Waals surface area contributed by atoms with Crippen molar-refractivity contribution >= 4 is 15.9 Å². The Morgan fingerprint density at radius 2 is 1.64 bits per heavy atom. The lowest BCUT2D eigenvalue weighted by Crippen LogP contribution is -2.47. The molecule has 1 saturated heterocycles. The first kappa shape index (κ1) is 25.2. The van der Waals surface area contributed by atoms with Gasteiger partial charge in [0, 0.05) is 31.7 Å². The predicted octanol–water partition coefficient (Wildman–Crippen LogP) is 2.87. The first-order chi connectivity index (χ1) is 15.6. The number of carbonyl (C=O) groups is 1. The van der Waals surface area contributed by atoms with Gasteiger partial charge in [0.05, 0.1) is 12.3 Å². The second kappa shape index (κ2) is 10.7. The van der Waals surface area contributed by atoms with Crippen molar-refractivity contribution in [2.24, 2.45) is 0 Å². The quantitative estimate of drug-likeness (QED) is 0.597. The van der Waals surface area contributed by atoms with Crippen molar-refractivity contribution in [1.29, 1.82) is 0 Å². The zero-order chi connectivity index (χ0) is 24.1. The van der Waals surface area contributed by atoms with Crippen LogP contribution in [0.4, 0.5) is 0 Å². The van der Waals surface area contributed by atoms with E-state index in [0.717, 1.165) is 24.4 Å². The summed E-state index contributed by atoms with van der Waals surface area (Å²) in [6, 6.07) is 14.7. The average molecular weight is 474 g/mol. The van der Waals surface area contributed by atoms with Crippen molar-refractivity contribution < 1.29 is 17.9 Å².